The Bertz CT molecular complexity index is 1650. The van der Waals surface area contributed by atoms with E-state index in [0.717, 1.165) is 66.9 Å². The normalized spacial score (nSPS) is 16.2. The largest absolute Gasteiger partial charge is 0.439 e. The van der Waals surface area contributed by atoms with Crippen LogP contribution in [0.4, 0.5) is 5.82 Å². The Hall–Kier alpha value is -4.68. The van der Waals surface area contributed by atoms with Crippen molar-refractivity contribution in [3.8, 4) is 34.6 Å². The summed E-state index contributed by atoms with van der Waals surface area (Å²) in [4.78, 5) is 29.4. The van der Waals surface area contributed by atoms with Gasteiger partial charge in [0.1, 0.15) is 29.2 Å². The molecule has 2 aliphatic heterocycles. The molecule has 6 rings (SSSR count). The lowest BCUT2D eigenvalue weighted by Gasteiger charge is -2.47. The predicted octanol–water partition coefficient (Wildman–Crippen LogP) is 4.91. The summed E-state index contributed by atoms with van der Waals surface area (Å²) < 4.78 is 8.09. The van der Waals surface area contributed by atoms with Gasteiger partial charge >= 0.3 is 0 Å². The van der Waals surface area contributed by atoms with Crippen molar-refractivity contribution in [2.45, 2.75) is 38.8 Å². The zero-order valence-electron chi connectivity index (χ0n) is 24.0. The number of likely N-dealkylation sites (tertiary alicyclic amines) is 2. The van der Waals surface area contributed by atoms with Crippen LogP contribution in [0.5, 0.6) is 11.6 Å². The molecule has 0 aliphatic carbocycles. The molecule has 214 valence electrons. The van der Waals surface area contributed by atoms with Crippen LogP contribution in [0.2, 0.25) is 0 Å². The summed E-state index contributed by atoms with van der Waals surface area (Å²) in [6.07, 6.45) is 6.61. The number of aromatic nitrogens is 4. The Morgan fingerprint density at radius 1 is 1.10 bits per heavy atom. The molecule has 1 aromatic carbocycles. The molecule has 9 heteroatoms. The van der Waals surface area contributed by atoms with E-state index in [9.17, 15) is 4.79 Å². The van der Waals surface area contributed by atoms with Gasteiger partial charge in [0.05, 0.1) is 5.39 Å². The molecule has 0 atom stereocenters. The van der Waals surface area contributed by atoms with Crippen LogP contribution in [0.1, 0.15) is 38.4 Å². The second-order valence-corrected chi connectivity index (χ2v) is 11.1. The third-order valence-corrected chi connectivity index (χ3v) is 8.12. The van der Waals surface area contributed by atoms with Gasteiger partial charge in [-0.05, 0) is 75.5 Å². The molecular formula is C33H35N7O2. The summed E-state index contributed by atoms with van der Waals surface area (Å²) in [5, 5.41) is 0.812. The van der Waals surface area contributed by atoms with Gasteiger partial charge in [-0.3, -0.25) is 9.69 Å². The van der Waals surface area contributed by atoms with Crippen LogP contribution in [0.3, 0.4) is 0 Å². The lowest BCUT2D eigenvalue weighted by Crippen LogP contribution is -2.61. The van der Waals surface area contributed by atoms with Crippen LogP contribution in [-0.2, 0) is 4.79 Å². The van der Waals surface area contributed by atoms with Crippen LogP contribution >= 0.6 is 0 Å². The maximum absolute atomic E-state index is 11.8. The topological polar surface area (TPSA) is 102 Å². The van der Waals surface area contributed by atoms with Gasteiger partial charge in [0, 0.05) is 48.9 Å². The van der Waals surface area contributed by atoms with E-state index in [1.807, 2.05) is 47.4 Å². The number of fused-ring (bicyclic) bond motifs is 1. The van der Waals surface area contributed by atoms with Crippen LogP contribution in [0.15, 0.2) is 67.6 Å². The summed E-state index contributed by atoms with van der Waals surface area (Å²) in [6, 6.07) is 14.0. The average molecular weight is 562 g/mol. The molecule has 2 saturated heterocycles. The van der Waals surface area contributed by atoms with Gasteiger partial charge in [-0.15, -0.1) is 0 Å². The van der Waals surface area contributed by atoms with Crippen molar-refractivity contribution in [3.05, 3.63) is 73.3 Å². The molecule has 2 fully saturated rings. The average Bonchev–Trinajstić information content (AvgIpc) is 3.32. The molecule has 5 heterocycles. The molecule has 0 bridgehead atoms. The van der Waals surface area contributed by atoms with Crippen LogP contribution in [0.25, 0.3) is 22.2 Å². The van der Waals surface area contributed by atoms with E-state index in [1.165, 1.54) is 12.4 Å². The third-order valence-electron chi connectivity index (χ3n) is 8.12. The third kappa shape index (κ3) is 5.33. The van der Waals surface area contributed by atoms with Crippen molar-refractivity contribution < 1.29 is 9.53 Å². The number of anilines is 1. The van der Waals surface area contributed by atoms with Gasteiger partial charge in [-0.2, -0.15) is 0 Å². The zero-order chi connectivity index (χ0) is 29.2. The molecule has 3 aromatic heterocycles. The van der Waals surface area contributed by atoms with Gasteiger partial charge in [0.2, 0.25) is 11.8 Å². The molecular weight excluding hydrogens is 526 g/mol. The predicted molar refractivity (Wildman–Crippen MR) is 164 cm³/mol. The number of nitrogens with two attached hydrogens (primary N) is 1. The van der Waals surface area contributed by atoms with E-state index in [2.05, 4.69) is 56.7 Å². The minimum absolute atomic E-state index is 0.0176. The van der Waals surface area contributed by atoms with Gasteiger partial charge < -0.3 is 19.9 Å². The lowest BCUT2D eigenvalue weighted by atomic mass is 9.94. The second kappa shape index (κ2) is 11.7. The smallest absolute Gasteiger partial charge is 0.246 e. The number of hydrogen-bond donors (Lipinski definition) is 1. The first kappa shape index (κ1) is 27.5. The van der Waals surface area contributed by atoms with Crippen LogP contribution in [-0.4, -0.2) is 67.4 Å². The van der Waals surface area contributed by atoms with Crippen molar-refractivity contribution in [3.63, 3.8) is 0 Å². The summed E-state index contributed by atoms with van der Waals surface area (Å²) in [6.45, 7) is 11.4. The Labute approximate surface area is 246 Å². The first-order valence-corrected chi connectivity index (χ1v) is 14.4. The molecule has 1 amide bonds. The highest BCUT2D eigenvalue weighted by Gasteiger charge is 2.35. The monoisotopic (exact) mass is 561 g/mol. The number of ether oxygens (including phenoxy) is 1. The van der Waals surface area contributed by atoms with Crippen molar-refractivity contribution in [1.82, 2.24) is 29.3 Å². The number of carbonyl (C=O) groups is 1. The zero-order valence-corrected chi connectivity index (χ0v) is 24.0. The first-order chi connectivity index (χ1) is 20.4. The molecule has 2 N–H and O–H groups in total. The standard InChI is InChI=1S/C33H35N7O2/c1-4-29(41)39-19-25(20-39)38-17-14-23(15-18-38)8-13-27-30(31-32(34)36-21-37-33(31)40(27)22(2)3)24-9-11-26(12-10-24)42-28-7-5-6-16-35-28/h4-7,9-12,16,21-23,25H,1,14-15,17-20H2,2-3H3,(H2,34,36,37). The SMILES string of the molecule is C=CC(=O)N1CC(N2CCC(C#Cc3c(-c4ccc(Oc5ccccn5)cc4)c4c(N)ncnc4n3C(C)C)CC2)C1. The number of piperidine rings is 1. The second-order valence-electron chi connectivity index (χ2n) is 11.1. The highest BCUT2D eigenvalue weighted by atomic mass is 16.5. The molecule has 0 radical (unpaired) electrons. The molecule has 0 unspecified atom stereocenters. The van der Waals surface area contributed by atoms with Crippen LogP contribution in [0, 0.1) is 17.8 Å². The van der Waals surface area contributed by atoms with E-state index in [1.54, 1.807) is 6.20 Å². The number of pyridine rings is 1. The van der Waals surface area contributed by atoms with E-state index in [4.69, 9.17) is 10.5 Å². The number of nitrogens with zero attached hydrogens (tertiary/aromatic N) is 6. The number of hydrogen-bond acceptors (Lipinski definition) is 7. The summed E-state index contributed by atoms with van der Waals surface area (Å²) >= 11 is 0. The van der Waals surface area contributed by atoms with E-state index < -0.39 is 0 Å². The summed E-state index contributed by atoms with van der Waals surface area (Å²) in [7, 11) is 0. The molecule has 2 aliphatic rings. The van der Waals surface area contributed by atoms with Gasteiger partial charge in [0.25, 0.3) is 0 Å². The molecule has 9 nitrogen and oxygen atoms in total. The maximum Gasteiger partial charge on any atom is 0.246 e. The molecule has 4 aromatic rings. The first-order valence-electron chi connectivity index (χ1n) is 14.4. The lowest BCUT2D eigenvalue weighted by molar-refractivity contribution is -0.133. The van der Waals surface area contributed by atoms with Gasteiger partial charge in [0.15, 0.2) is 0 Å². The molecule has 0 saturated carbocycles. The van der Waals surface area contributed by atoms with Crippen molar-refractivity contribution in [2.75, 3.05) is 31.9 Å². The molecule has 0 spiro atoms. The van der Waals surface area contributed by atoms with Crippen molar-refractivity contribution >= 4 is 22.8 Å². The van der Waals surface area contributed by atoms with E-state index in [0.29, 0.717) is 23.5 Å². The van der Waals surface area contributed by atoms with E-state index in [-0.39, 0.29) is 17.9 Å². The van der Waals surface area contributed by atoms with Gasteiger partial charge in [-0.25, -0.2) is 15.0 Å². The summed E-state index contributed by atoms with van der Waals surface area (Å²) in [5.74, 6) is 9.14. The highest BCUT2D eigenvalue weighted by molar-refractivity contribution is 6.03. The molecule has 42 heavy (non-hydrogen) atoms. The van der Waals surface area contributed by atoms with Crippen molar-refractivity contribution in [2.24, 2.45) is 5.92 Å². The Balaban J connectivity index is 1.28. The Kier molecular flexibility index (Phi) is 7.64. The fourth-order valence-corrected chi connectivity index (χ4v) is 5.86. The summed E-state index contributed by atoms with van der Waals surface area (Å²) in [5.41, 5.74) is 10.0. The number of rotatable bonds is 6. The van der Waals surface area contributed by atoms with Crippen LogP contribution < -0.4 is 10.5 Å². The van der Waals surface area contributed by atoms with E-state index >= 15 is 0 Å². The fraction of sp³-hybridized carbons (Fsp3) is 0.333. The fourth-order valence-electron chi connectivity index (χ4n) is 5.86. The Morgan fingerprint density at radius 2 is 1.86 bits per heavy atom. The quantitative estimate of drug-likeness (QED) is 0.264. The number of benzene rings is 1. The highest BCUT2D eigenvalue weighted by Crippen LogP contribution is 2.39. The maximum atomic E-state index is 11.8. The minimum Gasteiger partial charge on any atom is -0.439 e. The van der Waals surface area contributed by atoms with Gasteiger partial charge in [-0.1, -0.05) is 30.7 Å². The van der Waals surface area contributed by atoms with Crippen molar-refractivity contribution in [1.29, 1.82) is 0 Å². The minimum atomic E-state index is 0.0176. The number of amides is 1. The Morgan fingerprint density at radius 3 is 2.52 bits per heavy atom. The number of carbonyl (C=O) groups excluding carboxylic acids is 1. The number of nitrogen functional groups attached to an aromatic ring is 1.